The molecule has 4 nitrogen and oxygen atoms in total. The highest BCUT2D eigenvalue weighted by molar-refractivity contribution is 5.93. The molecule has 1 amide bonds. The number of phenolic OH excluding ortho intramolecular Hbond substituents is 1. The topological polar surface area (TPSA) is 49.8 Å². The maximum Gasteiger partial charge on any atom is 0.248 e. The van der Waals surface area contributed by atoms with Gasteiger partial charge in [0.15, 0.2) is 0 Å². The first kappa shape index (κ1) is 18.8. The van der Waals surface area contributed by atoms with Gasteiger partial charge in [0, 0.05) is 37.1 Å². The van der Waals surface area contributed by atoms with Gasteiger partial charge >= 0.3 is 0 Å². The molecule has 1 aromatic carbocycles. The third-order valence-corrected chi connectivity index (χ3v) is 5.85. The molecule has 3 rings (SSSR count). The second-order valence-electron chi connectivity index (χ2n) is 9.44. The number of hydrogen-bond donors (Lipinski definition) is 1. The van der Waals surface area contributed by atoms with Crippen LogP contribution in [-0.2, 0) is 10.2 Å². The summed E-state index contributed by atoms with van der Waals surface area (Å²) in [6.45, 7) is 10.6. The first-order valence-electron chi connectivity index (χ1n) is 9.39. The van der Waals surface area contributed by atoms with Crippen LogP contribution in [0.5, 0.6) is 11.5 Å². The van der Waals surface area contributed by atoms with Crippen LogP contribution in [0.25, 0.3) is 0 Å². The Bertz CT molecular complexity index is 768. The Morgan fingerprint density at radius 3 is 2.50 bits per heavy atom. The lowest BCUT2D eigenvalue weighted by Crippen LogP contribution is -2.46. The molecule has 2 atom stereocenters. The van der Waals surface area contributed by atoms with E-state index in [2.05, 4.69) is 46.8 Å². The fraction of sp³-hybridized carbons (Fsp3) is 0.591. The van der Waals surface area contributed by atoms with Gasteiger partial charge in [-0.3, -0.25) is 4.79 Å². The summed E-state index contributed by atoms with van der Waals surface area (Å²) >= 11 is 0. The molecular formula is C22H31NO3. The van der Waals surface area contributed by atoms with Crippen molar-refractivity contribution in [1.29, 1.82) is 0 Å². The van der Waals surface area contributed by atoms with Crippen LogP contribution in [0.15, 0.2) is 23.8 Å². The largest absolute Gasteiger partial charge is 0.508 e. The van der Waals surface area contributed by atoms with Gasteiger partial charge < -0.3 is 14.7 Å². The van der Waals surface area contributed by atoms with Crippen LogP contribution in [0.1, 0.15) is 64.5 Å². The van der Waals surface area contributed by atoms with Crippen molar-refractivity contribution >= 4 is 5.91 Å². The van der Waals surface area contributed by atoms with Gasteiger partial charge in [-0.2, -0.15) is 0 Å². The molecule has 1 N–H and O–H groups in total. The third-order valence-electron chi connectivity index (χ3n) is 5.85. The normalized spacial score (nSPS) is 24.0. The molecule has 0 saturated heterocycles. The van der Waals surface area contributed by atoms with Crippen molar-refractivity contribution in [1.82, 2.24) is 4.90 Å². The Morgan fingerprint density at radius 1 is 1.27 bits per heavy atom. The third kappa shape index (κ3) is 3.10. The van der Waals surface area contributed by atoms with E-state index in [4.69, 9.17) is 4.74 Å². The zero-order valence-corrected chi connectivity index (χ0v) is 17.0. The second kappa shape index (κ2) is 6.04. The summed E-state index contributed by atoms with van der Waals surface area (Å²) in [4.78, 5) is 14.1. The molecule has 0 unspecified atom stereocenters. The molecule has 1 aliphatic heterocycles. The molecule has 26 heavy (non-hydrogen) atoms. The zero-order valence-electron chi connectivity index (χ0n) is 17.0. The molecule has 1 aliphatic carbocycles. The summed E-state index contributed by atoms with van der Waals surface area (Å²) in [6, 6.07) is 3.93. The quantitative estimate of drug-likeness (QED) is 0.812. The molecule has 0 radical (unpaired) electrons. The van der Waals surface area contributed by atoms with E-state index in [0.717, 1.165) is 28.9 Å². The predicted octanol–water partition coefficient (Wildman–Crippen LogP) is 4.37. The molecule has 0 spiro atoms. The SMILES string of the molecule is CN(C)C(=O)C1=CC[C@@H]2[C@@H](C1)c1c(O)cc(C(C)(C)C)cc1OC2(C)C. The number of likely N-dealkylation sites (N-methyl/N-ethyl adjacent to an activating group) is 1. The average Bonchev–Trinajstić information content (AvgIpc) is 2.51. The number of carbonyl (C=O) groups is 1. The first-order chi connectivity index (χ1) is 11.9. The summed E-state index contributed by atoms with van der Waals surface area (Å²) in [5, 5.41) is 10.8. The summed E-state index contributed by atoms with van der Waals surface area (Å²) in [7, 11) is 3.56. The van der Waals surface area contributed by atoms with Gasteiger partial charge in [0.1, 0.15) is 17.1 Å². The van der Waals surface area contributed by atoms with Gasteiger partial charge in [0.05, 0.1) is 0 Å². The average molecular weight is 357 g/mol. The number of phenols is 1. The maximum atomic E-state index is 12.5. The van der Waals surface area contributed by atoms with Gasteiger partial charge in [-0.1, -0.05) is 26.8 Å². The van der Waals surface area contributed by atoms with Crippen molar-refractivity contribution in [3.63, 3.8) is 0 Å². The van der Waals surface area contributed by atoms with E-state index in [9.17, 15) is 9.90 Å². The number of allylic oxidation sites excluding steroid dienone is 1. The Kier molecular flexibility index (Phi) is 4.37. The fourth-order valence-corrected chi connectivity index (χ4v) is 4.29. The molecule has 142 valence electrons. The van der Waals surface area contributed by atoms with Crippen LogP contribution in [0.3, 0.4) is 0 Å². The van der Waals surface area contributed by atoms with Gasteiger partial charge in [-0.25, -0.2) is 0 Å². The maximum absolute atomic E-state index is 12.5. The van der Waals surface area contributed by atoms with Crippen LogP contribution in [0.2, 0.25) is 0 Å². The van der Waals surface area contributed by atoms with E-state index >= 15 is 0 Å². The smallest absolute Gasteiger partial charge is 0.248 e. The van der Waals surface area contributed by atoms with Crippen LogP contribution in [0.4, 0.5) is 0 Å². The van der Waals surface area contributed by atoms with Crippen LogP contribution >= 0.6 is 0 Å². The number of rotatable bonds is 1. The Hall–Kier alpha value is -1.97. The van der Waals surface area contributed by atoms with E-state index in [1.807, 2.05) is 6.07 Å². The highest BCUT2D eigenvalue weighted by Crippen LogP contribution is 2.54. The monoisotopic (exact) mass is 357 g/mol. The van der Waals surface area contributed by atoms with E-state index in [0.29, 0.717) is 6.42 Å². The van der Waals surface area contributed by atoms with Crippen molar-refractivity contribution in [2.24, 2.45) is 5.92 Å². The molecular weight excluding hydrogens is 326 g/mol. The standard InChI is InChI=1S/C22H31NO3/c1-21(2,3)14-11-17(24)19-15-10-13(20(25)23(6)7)8-9-16(15)22(4,5)26-18(19)12-14/h8,11-12,15-16,24H,9-10H2,1-7H3/t15-,16-/m1/s1. The Labute approximate surface area is 156 Å². The van der Waals surface area contributed by atoms with Crippen molar-refractivity contribution in [2.75, 3.05) is 14.1 Å². The first-order valence-corrected chi connectivity index (χ1v) is 9.39. The second-order valence-corrected chi connectivity index (χ2v) is 9.44. The highest BCUT2D eigenvalue weighted by atomic mass is 16.5. The summed E-state index contributed by atoms with van der Waals surface area (Å²) in [5.74, 6) is 1.43. The van der Waals surface area contributed by atoms with Crippen LogP contribution in [-0.4, -0.2) is 35.6 Å². The number of hydrogen-bond acceptors (Lipinski definition) is 3. The summed E-state index contributed by atoms with van der Waals surface area (Å²) in [6.07, 6.45) is 3.48. The molecule has 0 bridgehead atoms. The minimum atomic E-state index is -0.343. The van der Waals surface area contributed by atoms with Crippen LogP contribution in [0, 0.1) is 5.92 Å². The molecule has 4 heteroatoms. The van der Waals surface area contributed by atoms with E-state index in [1.165, 1.54) is 0 Å². The number of nitrogens with zero attached hydrogens (tertiary/aromatic N) is 1. The van der Waals surface area contributed by atoms with Crippen molar-refractivity contribution in [2.45, 2.75) is 64.4 Å². The molecule has 2 aliphatic rings. The van der Waals surface area contributed by atoms with Crippen molar-refractivity contribution in [3.05, 3.63) is 34.9 Å². The van der Waals surface area contributed by atoms with Crippen molar-refractivity contribution in [3.8, 4) is 11.5 Å². The lowest BCUT2D eigenvalue weighted by atomic mass is 9.66. The highest BCUT2D eigenvalue weighted by Gasteiger charge is 2.47. The van der Waals surface area contributed by atoms with Gasteiger partial charge in [0.2, 0.25) is 5.91 Å². The van der Waals surface area contributed by atoms with Gasteiger partial charge in [0.25, 0.3) is 0 Å². The lowest BCUT2D eigenvalue weighted by molar-refractivity contribution is -0.125. The lowest BCUT2D eigenvalue weighted by Gasteiger charge is -2.47. The minimum absolute atomic E-state index is 0.0556. The molecule has 0 fully saturated rings. The number of carbonyl (C=O) groups excluding carboxylic acids is 1. The van der Waals surface area contributed by atoms with Gasteiger partial charge in [-0.15, -0.1) is 0 Å². The number of ether oxygens (including phenoxy) is 1. The Morgan fingerprint density at radius 2 is 1.92 bits per heavy atom. The molecule has 0 aromatic heterocycles. The van der Waals surface area contributed by atoms with E-state index in [1.54, 1.807) is 19.0 Å². The van der Waals surface area contributed by atoms with Crippen molar-refractivity contribution < 1.29 is 14.6 Å². The summed E-state index contributed by atoms with van der Waals surface area (Å²) < 4.78 is 6.36. The zero-order chi connectivity index (χ0) is 19.4. The Balaban J connectivity index is 2.09. The number of aromatic hydroxyl groups is 1. The molecule has 1 aromatic rings. The van der Waals surface area contributed by atoms with E-state index < -0.39 is 0 Å². The van der Waals surface area contributed by atoms with Gasteiger partial charge in [-0.05, 0) is 49.8 Å². The summed E-state index contributed by atoms with van der Waals surface area (Å²) in [5.41, 5.74) is 2.33. The fourth-order valence-electron chi connectivity index (χ4n) is 4.29. The van der Waals surface area contributed by atoms with Crippen LogP contribution < -0.4 is 4.74 Å². The molecule has 1 heterocycles. The number of fused-ring (bicyclic) bond motifs is 3. The van der Waals surface area contributed by atoms with E-state index in [-0.39, 0.29) is 34.5 Å². The minimum Gasteiger partial charge on any atom is -0.508 e. The predicted molar refractivity (Wildman–Crippen MR) is 104 cm³/mol. The number of amides is 1. The number of benzene rings is 1. The molecule has 0 saturated carbocycles.